The lowest BCUT2D eigenvalue weighted by molar-refractivity contribution is -0.143. The third-order valence-electron chi connectivity index (χ3n) is 4.58. The van der Waals surface area contributed by atoms with Gasteiger partial charge >= 0.3 is 5.97 Å². The van der Waals surface area contributed by atoms with Gasteiger partial charge in [0.25, 0.3) is 0 Å². The number of nitrogens with two attached hydrogens (primary N) is 1. The number of alkyl halides is 1. The molecule has 0 heterocycles. The Bertz CT molecular complexity index is 272. The minimum Gasteiger partial charge on any atom is -0.464 e. The molecule has 3 nitrogen and oxygen atoms in total. The van der Waals surface area contributed by atoms with Gasteiger partial charge in [-0.15, -0.1) is 0 Å². The van der Waals surface area contributed by atoms with Crippen molar-refractivity contribution in [2.45, 2.75) is 128 Å². The third-order valence-corrected chi connectivity index (χ3v) is 5.49. The Balaban J connectivity index is 0. The highest BCUT2D eigenvalue weighted by atomic mass is 79.9. The fourth-order valence-corrected chi connectivity index (χ4v) is 3.53. The summed E-state index contributed by atoms with van der Waals surface area (Å²) in [6.45, 7) is 7.27. The third kappa shape index (κ3) is 28.2. The summed E-state index contributed by atoms with van der Waals surface area (Å²) in [4.78, 5) is 11.3. The highest BCUT2D eigenvalue weighted by Crippen LogP contribution is 2.19. The first-order valence-corrected chi connectivity index (χ1v) is 12.5. The zero-order valence-corrected chi connectivity index (χ0v) is 20.2. The van der Waals surface area contributed by atoms with Gasteiger partial charge < -0.3 is 10.5 Å². The van der Waals surface area contributed by atoms with E-state index in [2.05, 4.69) is 34.5 Å². The first-order chi connectivity index (χ1) is 13.1. The zero-order valence-electron chi connectivity index (χ0n) is 18.6. The lowest BCUT2D eigenvalue weighted by Crippen LogP contribution is -2.12. The maximum atomic E-state index is 10.5. The van der Waals surface area contributed by atoms with Crippen LogP contribution >= 0.6 is 15.9 Å². The predicted octanol–water partition coefficient (Wildman–Crippen LogP) is 7.54. The second kappa shape index (κ2) is 25.9. The average Bonchev–Trinajstić information content (AvgIpc) is 2.66. The molecule has 164 valence electrons. The van der Waals surface area contributed by atoms with E-state index in [1.54, 1.807) is 0 Å². The maximum Gasteiger partial charge on any atom is 0.305 e. The first-order valence-electron chi connectivity index (χ1n) is 11.6. The van der Waals surface area contributed by atoms with E-state index in [4.69, 9.17) is 5.73 Å². The molecule has 0 radical (unpaired) electrons. The first kappa shape index (κ1) is 29.1. The van der Waals surface area contributed by atoms with Crippen molar-refractivity contribution in [1.29, 1.82) is 0 Å². The molecule has 0 aliphatic carbocycles. The summed E-state index contributed by atoms with van der Waals surface area (Å²) in [5.74, 6) is -0.150. The Labute approximate surface area is 178 Å². The van der Waals surface area contributed by atoms with Gasteiger partial charge in [-0.1, -0.05) is 114 Å². The van der Waals surface area contributed by atoms with Gasteiger partial charge in [0.15, 0.2) is 0 Å². The summed E-state index contributed by atoms with van der Waals surface area (Å²) in [6.07, 6.45) is 21.2. The maximum absolute atomic E-state index is 10.5. The summed E-state index contributed by atoms with van der Waals surface area (Å²) in [7, 11) is 0. The van der Waals surface area contributed by atoms with Crippen molar-refractivity contribution in [2.24, 2.45) is 5.73 Å². The molecule has 2 N–H and O–H groups in total. The van der Waals surface area contributed by atoms with Gasteiger partial charge in [0.2, 0.25) is 0 Å². The molecule has 0 saturated carbocycles. The number of unbranched alkanes of at least 4 members (excludes halogenated alkanes) is 10. The minimum absolute atomic E-state index is 0.150. The molecule has 4 heteroatoms. The Kier molecular flexibility index (Phi) is 27.9. The van der Waals surface area contributed by atoms with Gasteiger partial charge in [-0.05, 0) is 19.3 Å². The molecule has 0 bridgehead atoms. The largest absolute Gasteiger partial charge is 0.464 e. The standard InChI is InChI=1S/C17H35Br.C6H13NO2/c1-3-5-7-9-11-13-15-17(18)16-14-12-10-8-6-4-2;1-2-3-6(8)9-5-4-7/h17H,3-16H2,1-2H3;2-5,7H2,1H3. The monoisotopic (exact) mass is 449 g/mol. The molecule has 0 unspecified atom stereocenters. The summed E-state index contributed by atoms with van der Waals surface area (Å²) in [5, 5.41) is 0. The number of carbonyl (C=O) groups excluding carboxylic acids is 1. The number of hydrogen-bond acceptors (Lipinski definition) is 3. The summed E-state index contributed by atoms with van der Waals surface area (Å²) < 4.78 is 4.67. The molecular weight excluding hydrogens is 402 g/mol. The SMILES string of the molecule is CCCC(=O)OCCN.CCCCCCCCC(Br)CCCCCCCC. The van der Waals surface area contributed by atoms with Crippen molar-refractivity contribution in [3.8, 4) is 0 Å². The van der Waals surface area contributed by atoms with Gasteiger partial charge in [-0.3, -0.25) is 4.79 Å². The molecule has 0 aliphatic heterocycles. The van der Waals surface area contributed by atoms with Gasteiger partial charge in [-0.2, -0.15) is 0 Å². The normalized spacial score (nSPS) is 10.6. The number of rotatable bonds is 18. The molecule has 0 fully saturated rings. The topological polar surface area (TPSA) is 52.3 Å². The van der Waals surface area contributed by atoms with Crippen molar-refractivity contribution < 1.29 is 9.53 Å². The average molecular weight is 451 g/mol. The molecule has 0 aromatic heterocycles. The number of ether oxygens (including phenoxy) is 1. The van der Waals surface area contributed by atoms with Crippen LogP contribution in [-0.4, -0.2) is 23.9 Å². The molecule has 0 aromatic rings. The van der Waals surface area contributed by atoms with E-state index in [1.807, 2.05) is 6.92 Å². The molecule has 27 heavy (non-hydrogen) atoms. The van der Waals surface area contributed by atoms with Crippen LogP contribution in [0.15, 0.2) is 0 Å². The van der Waals surface area contributed by atoms with E-state index in [9.17, 15) is 4.79 Å². The van der Waals surface area contributed by atoms with E-state index in [1.165, 1.54) is 89.9 Å². The van der Waals surface area contributed by atoms with Crippen LogP contribution in [0.2, 0.25) is 0 Å². The second-order valence-electron chi connectivity index (χ2n) is 7.47. The van der Waals surface area contributed by atoms with E-state index < -0.39 is 0 Å². The highest BCUT2D eigenvalue weighted by molar-refractivity contribution is 9.09. The Morgan fingerprint density at radius 2 is 1.22 bits per heavy atom. The fourth-order valence-electron chi connectivity index (χ4n) is 2.89. The van der Waals surface area contributed by atoms with Crippen LogP contribution in [0.5, 0.6) is 0 Å². The molecule has 0 saturated heterocycles. The number of halogens is 1. The summed E-state index contributed by atoms with van der Waals surface area (Å²) in [5.41, 5.74) is 5.10. The lowest BCUT2D eigenvalue weighted by Gasteiger charge is -2.09. The Morgan fingerprint density at radius 3 is 1.63 bits per heavy atom. The Hall–Kier alpha value is -0.0900. The quantitative estimate of drug-likeness (QED) is 0.133. The van der Waals surface area contributed by atoms with Crippen molar-refractivity contribution in [2.75, 3.05) is 13.2 Å². The molecule has 0 rings (SSSR count). The van der Waals surface area contributed by atoms with Crippen molar-refractivity contribution in [3.05, 3.63) is 0 Å². The van der Waals surface area contributed by atoms with E-state index in [-0.39, 0.29) is 5.97 Å². The second-order valence-corrected chi connectivity index (χ2v) is 8.76. The smallest absolute Gasteiger partial charge is 0.305 e. The van der Waals surface area contributed by atoms with Crippen LogP contribution in [0.4, 0.5) is 0 Å². The van der Waals surface area contributed by atoms with Crippen LogP contribution in [-0.2, 0) is 9.53 Å². The van der Waals surface area contributed by atoms with Crippen LogP contribution in [0.3, 0.4) is 0 Å². The van der Waals surface area contributed by atoms with E-state index >= 15 is 0 Å². The van der Waals surface area contributed by atoms with Gasteiger partial charge in [-0.25, -0.2) is 0 Å². The Morgan fingerprint density at radius 1 is 0.778 bits per heavy atom. The van der Waals surface area contributed by atoms with Crippen LogP contribution in [0.25, 0.3) is 0 Å². The van der Waals surface area contributed by atoms with Crippen molar-refractivity contribution >= 4 is 21.9 Å². The number of carbonyl (C=O) groups is 1. The molecule has 0 amide bonds. The van der Waals surface area contributed by atoms with Gasteiger partial charge in [0.05, 0.1) is 0 Å². The van der Waals surface area contributed by atoms with Crippen molar-refractivity contribution in [3.63, 3.8) is 0 Å². The fraction of sp³-hybridized carbons (Fsp3) is 0.957. The lowest BCUT2D eigenvalue weighted by atomic mass is 10.0. The molecule has 0 spiro atoms. The van der Waals surface area contributed by atoms with E-state index in [0.29, 0.717) is 19.6 Å². The predicted molar refractivity (Wildman–Crippen MR) is 124 cm³/mol. The van der Waals surface area contributed by atoms with Gasteiger partial charge in [0.1, 0.15) is 6.61 Å². The van der Waals surface area contributed by atoms with Gasteiger partial charge in [0, 0.05) is 17.8 Å². The van der Waals surface area contributed by atoms with Crippen LogP contribution < -0.4 is 5.73 Å². The van der Waals surface area contributed by atoms with Crippen LogP contribution in [0, 0.1) is 0 Å². The molecule has 0 atom stereocenters. The zero-order chi connectivity index (χ0) is 20.6. The molecular formula is C23H48BrNO2. The minimum atomic E-state index is -0.150. The molecule has 0 aliphatic rings. The van der Waals surface area contributed by atoms with E-state index in [0.717, 1.165) is 11.2 Å². The molecule has 0 aromatic carbocycles. The highest BCUT2D eigenvalue weighted by Gasteiger charge is 2.03. The summed E-state index contributed by atoms with van der Waals surface area (Å²) in [6, 6.07) is 0. The van der Waals surface area contributed by atoms with Crippen molar-refractivity contribution in [1.82, 2.24) is 0 Å². The summed E-state index contributed by atoms with van der Waals surface area (Å²) >= 11 is 3.84. The number of esters is 1. The number of hydrogen-bond donors (Lipinski definition) is 1. The van der Waals surface area contributed by atoms with Crippen LogP contribution in [0.1, 0.15) is 124 Å².